The second-order valence-electron chi connectivity index (χ2n) is 6.63. The molecular formula is C15H22O2Si. The minimum atomic E-state index is -1.57. The summed E-state index contributed by atoms with van der Waals surface area (Å²) in [5.41, 5.74) is 2.93. The molecule has 1 unspecified atom stereocenters. The molecule has 1 aliphatic carbocycles. The highest BCUT2D eigenvalue weighted by Crippen LogP contribution is 2.37. The van der Waals surface area contributed by atoms with Crippen molar-refractivity contribution in [3.8, 4) is 0 Å². The van der Waals surface area contributed by atoms with Crippen molar-refractivity contribution in [2.45, 2.75) is 39.9 Å². The molecule has 0 spiro atoms. The van der Waals surface area contributed by atoms with E-state index in [0.29, 0.717) is 6.61 Å². The fourth-order valence-electron chi connectivity index (χ4n) is 2.41. The molecule has 0 radical (unpaired) electrons. The SMILES string of the molecule is Cc1ccc2c(c1)CC(C)(CO[Si](C)(C)C)C2=O. The Morgan fingerprint density at radius 2 is 2.00 bits per heavy atom. The van der Waals surface area contributed by atoms with Crippen LogP contribution in [-0.2, 0) is 10.8 Å². The summed E-state index contributed by atoms with van der Waals surface area (Å²) >= 11 is 0. The van der Waals surface area contributed by atoms with Crippen LogP contribution in [0, 0.1) is 12.3 Å². The Morgan fingerprint density at radius 3 is 2.61 bits per heavy atom. The molecule has 0 saturated heterocycles. The number of Topliss-reactive ketones (excluding diaryl/α,β-unsaturated/α-hetero) is 1. The second-order valence-corrected chi connectivity index (χ2v) is 11.1. The van der Waals surface area contributed by atoms with E-state index in [4.69, 9.17) is 4.43 Å². The molecule has 3 heteroatoms. The van der Waals surface area contributed by atoms with E-state index < -0.39 is 8.32 Å². The van der Waals surface area contributed by atoms with Gasteiger partial charge >= 0.3 is 0 Å². The van der Waals surface area contributed by atoms with Crippen molar-refractivity contribution < 1.29 is 9.22 Å². The molecule has 2 rings (SSSR count). The molecule has 18 heavy (non-hydrogen) atoms. The fourth-order valence-corrected chi connectivity index (χ4v) is 3.16. The Bertz CT molecular complexity index is 488. The lowest BCUT2D eigenvalue weighted by Gasteiger charge is -2.27. The number of carbonyl (C=O) groups is 1. The lowest BCUT2D eigenvalue weighted by atomic mass is 9.87. The molecule has 0 N–H and O–H groups in total. The first-order valence-corrected chi connectivity index (χ1v) is 9.90. The van der Waals surface area contributed by atoms with Gasteiger partial charge in [-0.15, -0.1) is 0 Å². The lowest BCUT2D eigenvalue weighted by molar-refractivity contribution is 0.0743. The predicted molar refractivity (Wildman–Crippen MR) is 76.6 cm³/mol. The number of hydrogen-bond acceptors (Lipinski definition) is 2. The first-order chi connectivity index (χ1) is 8.21. The highest BCUT2D eigenvalue weighted by Gasteiger charge is 2.42. The Morgan fingerprint density at radius 1 is 1.33 bits per heavy atom. The van der Waals surface area contributed by atoms with Gasteiger partial charge in [-0.3, -0.25) is 4.79 Å². The summed E-state index contributed by atoms with van der Waals surface area (Å²) in [6, 6.07) is 6.11. The van der Waals surface area contributed by atoms with Crippen LogP contribution in [0.15, 0.2) is 18.2 Å². The molecule has 0 heterocycles. The number of hydrogen-bond donors (Lipinski definition) is 0. The molecule has 0 fully saturated rings. The third-order valence-electron chi connectivity index (χ3n) is 3.46. The van der Waals surface area contributed by atoms with E-state index in [-0.39, 0.29) is 11.2 Å². The van der Waals surface area contributed by atoms with Crippen LogP contribution in [0.5, 0.6) is 0 Å². The molecule has 0 bridgehead atoms. The van der Waals surface area contributed by atoms with Gasteiger partial charge in [0.1, 0.15) is 0 Å². The van der Waals surface area contributed by atoms with E-state index >= 15 is 0 Å². The van der Waals surface area contributed by atoms with Crippen molar-refractivity contribution in [3.05, 3.63) is 34.9 Å². The van der Waals surface area contributed by atoms with Gasteiger partial charge in [-0.2, -0.15) is 0 Å². The molecule has 0 aliphatic heterocycles. The van der Waals surface area contributed by atoms with Gasteiger partial charge in [-0.1, -0.05) is 23.8 Å². The van der Waals surface area contributed by atoms with Gasteiger partial charge in [0.25, 0.3) is 0 Å². The Kier molecular flexibility index (Phi) is 3.24. The number of carbonyl (C=O) groups excluding carboxylic acids is 1. The molecule has 1 atom stereocenters. The van der Waals surface area contributed by atoms with Crippen LogP contribution in [-0.4, -0.2) is 20.7 Å². The Balaban J connectivity index is 2.22. The largest absolute Gasteiger partial charge is 0.417 e. The van der Waals surface area contributed by atoms with E-state index in [1.807, 2.05) is 19.1 Å². The molecular weight excluding hydrogens is 240 g/mol. The van der Waals surface area contributed by atoms with Crippen LogP contribution in [0.2, 0.25) is 19.6 Å². The van der Waals surface area contributed by atoms with E-state index in [2.05, 4.69) is 32.6 Å². The summed E-state index contributed by atoms with van der Waals surface area (Å²) in [5, 5.41) is 0. The quantitative estimate of drug-likeness (QED) is 0.778. The van der Waals surface area contributed by atoms with Gasteiger partial charge in [-0.05, 0) is 45.5 Å². The van der Waals surface area contributed by atoms with E-state index in [9.17, 15) is 4.79 Å². The van der Waals surface area contributed by atoms with E-state index in [1.165, 1.54) is 11.1 Å². The molecule has 1 aromatic rings. The van der Waals surface area contributed by atoms with Gasteiger partial charge in [0, 0.05) is 12.2 Å². The first-order valence-electron chi connectivity index (χ1n) is 6.50. The van der Waals surface area contributed by atoms with Gasteiger partial charge in [-0.25, -0.2) is 0 Å². The topological polar surface area (TPSA) is 26.3 Å². The average Bonchev–Trinajstić information content (AvgIpc) is 2.48. The number of aryl methyl sites for hydroxylation is 1. The molecule has 0 saturated carbocycles. The Hall–Kier alpha value is -0.933. The van der Waals surface area contributed by atoms with Gasteiger partial charge in [0.05, 0.1) is 5.41 Å². The standard InChI is InChI=1S/C15H22O2Si/c1-11-6-7-13-12(8-11)9-15(2,14(13)16)10-17-18(3,4)5/h6-8H,9-10H2,1-5H3. The summed E-state index contributed by atoms with van der Waals surface area (Å²) in [5.74, 6) is 0.246. The van der Waals surface area contributed by atoms with E-state index in [0.717, 1.165) is 12.0 Å². The van der Waals surface area contributed by atoms with Crippen molar-refractivity contribution >= 4 is 14.1 Å². The normalized spacial score (nSPS) is 23.3. The van der Waals surface area contributed by atoms with Crippen molar-refractivity contribution in [2.24, 2.45) is 5.41 Å². The third-order valence-corrected chi connectivity index (χ3v) is 4.47. The van der Waals surface area contributed by atoms with Crippen LogP contribution in [0.1, 0.15) is 28.4 Å². The van der Waals surface area contributed by atoms with Crippen LogP contribution >= 0.6 is 0 Å². The molecule has 98 valence electrons. The van der Waals surface area contributed by atoms with Crippen molar-refractivity contribution in [1.82, 2.24) is 0 Å². The van der Waals surface area contributed by atoms with E-state index in [1.54, 1.807) is 0 Å². The summed E-state index contributed by atoms with van der Waals surface area (Å²) in [7, 11) is -1.57. The number of ketones is 1. The number of rotatable bonds is 3. The predicted octanol–water partition coefficient (Wildman–Crippen LogP) is 3.59. The van der Waals surface area contributed by atoms with Crippen LogP contribution < -0.4 is 0 Å². The highest BCUT2D eigenvalue weighted by atomic mass is 28.4. The molecule has 1 aliphatic rings. The van der Waals surface area contributed by atoms with Gasteiger partial charge < -0.3 is 4.43 Å². The number of fused-ring (bicyclic) bond motifs is 1. The zero-order chi connectivity index (χ0) is 13.6. The second kappa shape index (κ2) is 4.32. The summed E-state index contributed by atoms with van der Waals surface area (Å²) in [6.45, 7) is 11.1. The maximum atomic E-state index is 12.5. The van der Waals surface area contributed by atoms with Crippen LogP contribution in [0.3, 0.4) is 0 Å². The number of benzene rings is 1. The highest BCUT2D eigenvalue weighted by molar-refractivity contribution is 6.69. The zero-order valence-electron chi connectivity index (χ0n) is 12.0. The first kappa shape index (κ1) is 13.5. The minimum Gasteiger partial charge on any atom is -0.417 e. The van der Waals surface area contributed by atoms with Gasteiger partial charge in [0.2, 0.25) is 0 Å². The zero-order valence-corrected chi connectivity index (χ0v) is 13.0. The maximum Gasteiger partial charge on any atom is 0.183 e. The third kappa shape index (κ3) is 2.57. The van der Waals surface area contributed by atoms with Crippen molar-refractivity contribution in [3.63, 3.8) is 0 Å². The minimum absolute atomic E-state index is 0.246. The van der Waals surface area contributed by atoms with Crippen molar-refractivity contribution in [1.29, 1.82) is 0 Å². The summed E-state index contributed by atoms with van der Waals surface area (Å²) in [6.07, 6.45) is 0.813. The summed E-state index contributed by atoms with van der Waals surface area (Å²) in [4.78, 5) is 12.5. The maximum absolute atomic E-state index is 12.5. The molecule has 0 amide bonds. The van der Waals surface area contributed by atoms with Crippen LogP contribution in [0.4, 0.5) is 0 Å². The van der Waals surface area contributed by atoms with Crippen LogP contribution in [0.25, 0.3) is 0 Å². The lowest BCUT2D eigenvalue weighted by Crippen LogP contribution is -2.36. The fraction of sp³-hybridized carbons (Fsp3) is 0.533. The average molecular weight is 262 g/mol. The smallest absolute Gasteiger partial charge is 0.183 e. The Labute approximate surface area is 110 Å². The van der Waals surface area contributed by atoms with Gasteiger partial charge in [0.15, 0.2) is 14.1 Å². The molecule has 2 nitrogen and oxygen atoms in total. The molecule has 0 aromatic heterocycles. The molecule has 1 aromatic carbocycles. The monoisotopic (exact) mass is 262 g/mol. The summed E-state index contributed by atoms with van der Waals surface area (Å²) < 4.78 is 5.97. The van der Waals surface area contributed by atoms with Crippen molar-refractivity contribution in [2.75, 3.05) is 6.61 Å².